The SMILES string of the molecule is CC(C)(C)OC(=O)N1CCCC1CNCC(=O)N1CCCC1. The average Bonchev–Trinajstić information content (AvgIpc) is 3.08. The maximum absolute atomic E-state index is 12.2. The molecular formula is C16H29N3O3. The molecule has 1 atom stereocenters. The summed E-state index contributed by atoms with van der Waals surface area (Å²) in [5.41, 5.74) is -0.469. The highest BCUT2D eigenvalue weighted by Crippen LogP contribution is 2.20. The topological polar surface area (TPSA) is 61.9 Å². The van der Waals surface area contributed by atoms with Gasteiger partial charge in [0.2, 0.25) is 5.91 Å². The van der Waals surface area contributed by atoms with Crippen molar-refractivity contribution < 1.29 is 14.3 Å². The van der Waals surface area contributed by atoms with Crippen LogP contribution in [0.2, 0.25) is 0 Å². The molecular weight excluding hydrogens is 282 g/mol. The Bertz CT molecular complexity index is 400. The zero-order valence-corrected chi connectivity index (χ0v) is 14.1. The van der Waals surface area contributed by atoms with Crippen LogP contribution in [0.3, 0.4) is 0 Å². The quantitative estimate of drug-likeness (QED) is 0.856. The molecule has 22 heavy (non-hydrogen) atoms. The molecule has 6 nitrogen and oxygen atoms in total. The molecule has 0 bridgehead atoms. The zero-order chi connectivity index (χ0) is 16.2. The molecule has 2 aliphatic heterocycles. The standard InChI is InChI=1S/C16H29N3O3/c1-16(2,3)22-15(21)19-10-6-7-13(19)11-17-12-14(20)18-8-4-5-9-18/h13,17H,4-12H2,1-3H3. The first kappa shape index (κ1) is 17.1. The fourth-order valence-corrected chi connectivity index (χ4v) is 3.03. The number of carbonyl (C=O) groups excluding carboxylic acids is 2. The summed E-state index contributed by atoms with van der Waals surface area (Å²) in [6.07, 6.45) is 3.93. The van der Waals surface area contributed by atoms with Crippen molar-refractivity contribution in [2.75, 3.05) is 32.7 Å². The number of carbonyl (C=O) groups is 2. The molecule has 2 fully saturated rings. The number of nitrogens with zero attached hydrogens (tertiary/aromatic N) is 2. The van der Waals surface area contributed by atoms with Crippen LogP contribution in [0, 0.1) is 0 Å². The number of amides is 2. The van der Waals surface area contributed by atoms with Gasteiger partial charge in [-0.15, -0.1) is 0 Å². The second-order valence-electron chi connectivity index (χ2n) is 7.19. The maximum atomic E-state index is 12.2. The van der Waals surface area contributed by atoms with Crippen molar-refractivity contribution in [2.45, 2.75) is 58.1 Å². The molecule has 0 aromatic carbocycles. The molecule has 0 spiro atoms. The normalized spacial score (nSPS) is 22.2. The Morgan fingerprint density at radius 2 is 1.82 bits per heavy atom. The van der Waals surface area contributed by atoms with Gasteiger partial charge in [-0.2, -0.15) is 0 Å². The van der Waals surface area contributed by atoms with Crippen LogP contribution >= 0.6 is 0 Å². The molecule has 0 radical (unpaired) electrons. The highest BCUT2D eigenvalue weighted by Gasteiger charge is 2.32. The van der Waals surface area contributed by atoms with Crippen molar-refractivity contribution in [3.05, 3.63) is 0 Å². The van der Waals surface area contributed by atoms with Crippen molar-refractivity contribution in [3.63, 3.8) is 0 Å². The van der Waals surface area contributed by atoms with E-state index < -0.39 is 5.60 Å². The average molecular weight is 311 g/mol. The predicted octanol–water partition coefficient (Wildman–Crippen LogP) is 1.60. The summed E-state index contributed by atoms with van der Waals surface area (Å²) in [6, 6.07) is 0.126. The van der Waals surface area contributed by atoms with Gasteiger partial charge in [0, 0.05) is 32.2 Å². The largest absolute Gasteiger partial charge is 0.444 e. The van der Waals surface area contributed by atoms with Crippen LogP contribution in [0.25, 0.3) is 0 Å². The molecule has 0 aromatic heterocycles. The van der Waals surface area contributed by atoms with Crippen molar-refractivity contribution in [1.82, 2.24) is 15.1 Å². The third-order valence-electron chi connectivity index (χ3n) is 4.12. The van der Waals surface area contributed by atoms with E-state index in [2.05, 4.69) is 5.32 Å². The summed E-state index contributed by atoms with van der Waals surface area (Å²) >= 11 is 0. The van der Waals surface area contributed by atoms with Crippen LogP contribution in [0.5, 0.6) is 0 Å². The Labute approximate surface area is 133 Å². The van der Waals surface area contributed by atoms with Gasteiger partial charge in [0.1, 0.15) is 5.60 Å². The van der Waals surface area contributed by atoms with E-state index in [1.54, 1.807) is 4.90 Å². The van der Waals surface area contributed by atoms with Crippen LogP contribution in [0.15, 0.2) is 0 Å². The lowest BCUT2D eigenvalue weighted by Gasteiger charge is -2.28. The van der Waals surface area contributed by atoms with E-state index in [9.17, 15) is 9.59 Å². The lowest BCUT2D eigenvalue weighted by molar-refractivity contribution is -0.129. The smallest absolute Gasteiger partial charge is 0.410 e. The maximum Gasteiger partial charge on any atom is 0.410 e. The minimum Gasteiger partial charge on any atom is -0.444 e. The van der Waals surface area contributed by atoms with Gasteiger partial charge in [0.25, 0.3) is 0 Å². The van der Waals surface area contributed by atoms with Crippen LogP contribution in [-0.2, 0) is 9.53 Å². The summed E-state index contributed by atoms with van der Waals surface area (Å²) in [4.78, 5) is 27.9. The minimum atomic E-state index is -0.469. The molecule has 6 heteroatoms. The second-order valence-corrected chi connectivity index (χ2v) is 7.19. The number of likely N-dealkylation sites (tertiary alicyclic amines) is 2. The monoisotopic (exact) mass is 311 g/mol. The Balaban J connectivity index is 1.74. The highest BCUT2D eigenvalue weighted by molar-refractivity contribution is 5.78. The van der Waals surface area contributed by atoms with Crippen LogP contribution in [0.1, 0.15) is 46.5 Å². The number of hydrogen-bond acceptors (Lipinski definition) is 4. The molecule has 1 N–H and O–H groups in total. The Hall–Kier alpha value is -1.30. The molecule has 1 unspecified atom stereocenters. The first-order chi connectivity index (χ1) is 10.4. The fourth-order valence-electron chi connectivity index (χ4n) is 3.03. The Morgan fingerprint density at radius 1 is 1.14 bits per heavy atom. The lowest BCUT2D eigenvalue weighted by Crippen LogP contribution is -2.46. The summed E-state index contributed by atoms with van der Waals surface area (Å²) in [5.74, 6) is 0.166. The van der Waals surface area contributed by atoms with Crippen LogP contribution in [-0.4, -0.2) is 66.2 Å². The molecule has 2 aliphatic rings. The van der Waals surface area contributed by atoms with Crippen molar-refractivity contribution in [2.24, 2.45) is 0 Å². The van der Waals surface area contributed by atoms with E-state index in [-0.39, 0.29) is 18.0 Å². The zero-order valence-electron chi connectivity index (χ0n) is 14.1. The lowest BCUT2D eigenvalue weighted by atomic mass is 10.2. The predicted molar refractivity (Wildman–Crippen MR) is 84.6 cm³/mol. The molecule has 2 rings (SSSR count). The van der Waals surface area contributed by atoms with E-state index in [0.717, 1.165) is 45.3 Å². The number of rotatable bonds is 4. The molecule has 0 saturated carbocycles. The molecule has 2 saturated heterocycles. The summed E-state index contributed by atoms with van der Waals surface area (Å²) in [5, 5.41) is 3.21. The number of ether oxygens (including phenoxy) is 1. The molecule has 2 amide bonds. The molecule has 0 aliphatic carbocycles. The van der Waals surface area contributed by atoms with Crippen molar-refractivity contribution >= 4 is 12.0 Å². The van der Waals surface area contributed by atoms with E-state index in [0.29, 0.717) is 13.1 Å². The summed E-state index contributed by atoms with van der Waals surface area (Å²) in [7, 11) is 0. The highest BCUT2D eigenvalue weighted by atomic mass is 16.6. The Morgan fingerprint density at radius 3 is 2.45 bits per heavy atom. The second kappa shape index (κ2) is 7.31. The van der Waals surface area contributed by atoms with E-state index in [1.807, 2.05) is 25.7 Å². The summed E-state index contributed by atoms with van der Waals surface area (Å²) in [6.45, 7) is 9.15. The van der Waals surface area contributed by atoms with E-state index >= 15 is 0 Å². The van der Waals surface area contributed by atoms with Crippen molar-refractivity contribution in [3.8, 4) is 0 Å². The van der Waals surface area contributed by atoms with Gasteiger partial charge in [0.05, 0.1) is 6.54 Å². The summed E-state index contributed by atoms with van der Waals surface area (Å²) < 4.78 is 5.44. The molecule has 0 aromatic rings. The molecule has 2 heterocycles. The third-order valence-corrected chi connectivity index (χ3v) is 4.12. The van der Waals surface area contributed by atoms with Gasteiger partial charge >= 0.3 is 6.09 Å². The van der Waals surface area contributed by atoms with Gasteiger partial charge in [-0.3, -0.25) is 4.79 Å². The Kier molecular flexibility index (Phi) is 5.67. The van der Waals surface area contributed by atoms with E-state index in [4.69, 9.17) is 4.74 Å². The third kappa shape index (κ3) is 4.87. The number of hydrogen-bond donors (Lipinski definition) is 1. The fraction of sp³-hybridized carbons (Fsp3) is 0.875. The first-order valence-corrected chi connectivity index (χ1v) is 8.35. The first-order valence-electron chi connectivity index (χ1n) is 8.35. The van der Waals surface area contributed by atoms with Gasteiger partial charge in [-0.05, 0) is 46.5 Å². The van der Waals surface area contributed by atoms with Gasteiger partial charge in [-0.25, -0.2) is 4.79 Å². The van der Waals surface area contributed by atoms with E-state index in [1.165, 1.54) is 0 Å². The molecule has 126 valence electrons. The van der Waals surface area contributed by atoms with Gasteiger partial charge in [-0.1, -0.05) is 0 Å². The van der Waals surface area contributed by atoms with Crippen LogP contribution < -0.4 is 5.32 Å². The van der Waals surface area contributed by atoms with Crippen LogP contribution in [0.4, 0.5) is 4.79 Å². The van der Waals surface area contributed by atoms with Crippen molar-refractivity contribution in [1.29, 1.82) is 0 Å². The number of nitrogens with one attached hydrogen (secondary N) is 1. The van der Waals surface area contributed by atoms with Gasteiger partial charge in [0.15, 0.2) is 0 Å². The minimum absolute atomic E-state index is 0.126. The van der Waals surface area contributed by atoms with Gasteiger partial charge < -0.3 is 19.9 Å².